The first-order valence-corrected chi connectivity index (χ1v) is 10.3. The maximum Gasteiger partial charge on any atom is 0.363 e. The fraction of sp³-hybridized carbons (Fsp3) is 0.0435. The van der Waals surface area contributed by atoms with E-state index in [1.807, 2.05) is 54.6 Å². The number of halogens is 2. The summed E-state index contributed by atoms with van der Waals surface area (Å²) in [6, 6.07) is 22.7. The van der Waals surface area contributed by atoms with Gasteiger partial charge in [-0.2, -0.15) is 0 Å². The van der Waals surface area contributed by atoms with Crippen molar-refractivity contribution >= 4 is 52.1 Å². The van der Waals surface area contributed by atoms with Crippen molar-refractivity contribution in [3.8, 4) is 5.75 Å². The van der Waals surface area contributed by atoms with Crippen LogP contribution in [0.5, 0.6) is 5.75 Å². The van der Waals surface area contributed by atoms with E-state index in [2.05, 4.69) is 27.6 Å². The summed E-state index contributed by atoms with van der Waals surface area (Å²) in [5.74, 6) is 0.337. The molecule has 0 amide bonds. The van der Waals surface area contributed by atoms with E-state index in [4.69, 9.17) is 21.1 Å². The summed E-state index contributed by atoms with van der Waals surface area (Å²) in [4.78, 5) is 16.6. The molecular weight excluding hydrogens is 501 g/mol. The first-order chi connectivity index (χ1) is 14.1. The fourth-order valence-electron chi connectivity index (χ4n) is 2.78. The Labute approximate surface area is 187 Å². The second-order valence-corrected chi connectivity index (χ2v) is 7.92. The number of carbonyl (C=O) groups excluding carboxylic acids is 1. The minimum Gasteiger partial charge on any atom is -0.488 e. The Morgan fingerprint density at radius 3 is 2.52 bits per heavy atom. The van der Waals surface area contributed by atoms with Gasteiger partial charge in [-0.25, -0.2) is 9.79 Å². The summed E-state index contributed by atoms with van der Waals surface area (Å²) < 4.78 is 12.5. The normalized spacial score (nSPS) is 14.6. The van der Waals surface area contributed by atoms with Gasteiger partial charge >= 0.3 is 5.97 Å². The second kappa shape index (κ2) is 8.80. The minimum atomic E-state index is -0.521. The highest BCUT2D eigenvalue weighted by molar-refractivity contribution is 14.1. The molecule has 0 fully saturated rings. The second-order valence-electron chi connectivity index (χ2n) is 6.27. The Kier molecular flexibility index (Phi) is 5.97. The summed E-state index contributed by atoms with van der Waals surface area (Å²) in [5, 5.41) is 0.474. The molecule has 1 aliphatic heterocycles. The molecule has 3 aromatic rings. The molecule has 4 nitrogen and oxygen atoms in total. The van der Waals surface area contributed by atoms with Crippen LogP contribution in [0.4, 0.5) is 0 Å². The Hall–Kier alpha value is -2.64. The van der Waals surface area contributed by atoms with E-state index in [0.717, 1.165) is 11.1 Å². The molecule has 0 atom stereocenters. The number of benzene rings is 3. The van der Waals surface area contributed by atoms with Gasteiger partial charge in [0.05, 0.1) is 10.6 Å². The van der Waals surface area contributed by atoms with Gasteiger partial charge in [-0.3, -0.25) is 0 Å². The zero-order valence-corrected chi connectivity index (χ0v) is 18.1. The largest absolute Gasteiger partial charge is 0.488 e. The Bertz CT molecular complexity index is 1120. The highest BCUT2D eigenvalue weighted by atomic mass is 127. The molecule has 0 spiro atoms. The SMILES string of the molecule is O=C1OC(c2ccccc2Cl)=N/C1=C\c1ccccc1OCc1ccc(I)cc1. The van der Waals surface area contributed by atoms with Crippen molar-refractivity contribution < 1.29 is 14.3 Å². The van der Waals surface area contributed by atoms with Crippen molar-refractivity contribution in [2.75, 3.05) is 0 Å². The van der Waals surface area contributed by atoms with Crippen molar-refractivity contribution in [2.45, 2.75) is 6.61 Å². The van der Waals surface area contributed by atoms with Crippen molar-refractivity contribution in [3.63, 3.8) is 0 Å². The zero-order chi connectivity index (χ0) is 20.2. The van der Waals surface area contributed by atoms with Gasteiger partial charge < -0.3 is 9.47 Å². The molecule has 4 rings (SSSR count). The molecular formula is C23H15ClINO3. The van der Waals surface area contributed by atoms with Gasteiger partial charge in [0, 0.05) is 9.13 Å². The number of cyclic esters (lactones) is 1. The number of rotatable bonds is 5. The monoisotopic (exact) mass is 515 g/mol. The highest BCUT2D eigenvalue weighted by Gasteiger charge is 2.25. The van der Waals surface area contributed by atoms with Crippen molar-refractivity contribution in [1.29, 1.82) is 0 Å². The highest BCUT2D eigenvalue weighted by Crippen LogP contribution is 2.27. The molecule has 29 heavy (non-hydrogen) atoms. The molecule has 0 aromatic heterocycles. The van der Waals surface area contributed by atoms with E-state index >= 15 is 0 Å². The van der Waals surface area contributed by atoms with Gasteiger partial charge in [-0.1, -0.05) is 54.1 Å². The van der Waals surface area contributed by atoms with E-state index in [1.165, 1.54) is 3.57 Å². The van der Waals surface area contributed by atoms with E-state index in [1.54, 1.807) is 24.3 Å². The van der Waals surface area contributed by atoms with Crippen molar-refractivity contribution in [2.24, 2.45) is 4.99 Å². The first-order valence-electron chi connectivity index (χ1n) is 8.84. The summed E-state index contributed by atoms with van der Waals surface area (Å²) in [6.07, 6.45) is 1.66. The molecule has 0 unspecified atom stereocenters. The molecule has 3 aromatic carbocycles. The maximum absolute atomic E-state index is 12.3. The lowest BCUT2D eigenvalue weighted by Crippen LogP contribution is -2.05. The van der Waals surface area contributed by atoms with E-state index in [-0.39, 0.29) is 11.6 Å². The average molecular weight is 516 g/mol. The predicted octanol–water partition coefficient (Wildman–Crippen LogP) is 5.87. The lowest BCUT2D eigenvalue weighted by Gasteiger charge is -2.09. The summed E-state index contributed by atoms with van der Waals surface area (Å²) in [5.41, 5.74) is 2.58. The van der Waals surface area contributed by atoms with Crippen LogP contribution in [0.1, 0.15) is 16.7 Å². The first kappa shape index (κ1) is 19.7. The molecule has 1 heterocycles. The smallest absolute Gasteiger partial charge is 0.363 e. The maximum atomic E-state index is 12.3. The molecule has 0 saturated carbocycles. The third kappa shape index (κ3) is 4.68. The Morgan fingerprint density at radius 2 is 1.72 bits per heavy atom. The number of hydrogen-bond acceptors (Lipinski definition) is 4. The summed E-state index contributed by atoms with van der Waals surface area (Å²) >= 11 is 8.45. The van der Waals surface area contributed by atoms with E-state index in [9.17, 15) is 4.79 Å². The van der Waals surface area contributed by atoms with Gasteiger partial charge in [0.2, 0.25) is 5.90 Å². The number of nitrogens with zero attached hydrogens (tertiary/aromatic N) is 1. The van der Waals surface area contributed by atoms with Crippen LogP contribution in [0.2, 0.25) is 5.02 Å². The number of ether oxygens (including phenoxy) is 2. The van der Waals surface area contributed by atoms with Crippen LogP contribution >= 0.6 is 34.2 Å². The Balaban J connectivity index is 1.58. The van der Waals surface area contributed by atoms with Crippen LogP contribution < -0.4 is 4.74 Å². The molecule has 0 bridgehead atoms. The number of esters is 1. The third-order valence-corrected chi connectivity index (χ3v) is 5.29. The van der Waals surface area contributed by atoms with Gasteiger partial charge in [0.25, 0.3) is 0 Å². The van der Waals surface area contributed by atoms with Gasteiger partial charge in [-0.15, -0.1) is 0 Å². The van der Waals surface area contributed by atoms with Gasteiger partial charge in [0.1, 0.15) is 12.4 Å². The van der Waals surface area contributed by atoms with Crippen LogP contribution in [0.25, 0.3) is 6.08 Å². The molecule has 1 aliphatic rings. The lowest BCUT2D eigenvalue weighted by molar-refractivity contribution is -0.129. The quantitative estimate of drug-likeness (QED) is 0.243. The zero-order valence-electron chi connectivity index (χ0n) is 15.1. The summed E-state index contributed by atoms with van der Waals surface area (Å²) in [7, 11) is 0. The van der Waals surface area contributed by atoms with E-state index in [0.29, 0.717) is 22.9 Å². The lowest BCUT2D eigenvalue weighted by atomic mass is 10.1. The van der Waals surface area contributed by atoms with Crippen LogP contribution in [0.3, 0.4) is 0 Å². The molecule has 0 saturated heterocycles. The van der Waals surface area contributed by atoms with Crippen LogP contribution in [0, 0.1) is 3.57 Å². The third-order valence-electron chi connectivity index (χ3n) is 4.24. The van der Waals surface area contributed by atoms with E-state index < -0.39 is 5.97 Å². The standard InChI is InChI=1S/C23H15ClINO3/c24-19-7-3-2-6-18(19)22-26-20(23(27)29-22)13-16-5-1-4-8-21(16)28-14-15-9-11-17(25)12-10-15/h1-13H,14H2/b20-13-. The summed E-state index contributed by atoms with van der Waals surface area (Å²) in [6.45, 7) is 0.426. The molecule has 0 N–H and O–H groups in total. The fourth-order valence-corrected chi connectivity index (χ4v) is 3.36. The minimum absolute atomic E-state index is 0.198. The molecule has 6 heteroatoms. The van der Waals surface area contributed by atoms with Crippen molar-refractivity contribution in [1.82, 2.24) is 0 Å². The average Bonchev–Trinajstić information content (AvgIpc) is 3.09. The molecule has 0 radical (unpaired) electrons. The van der Waals surface area contributed by atoms with Crippen LogP contribution in [0.15, 0.2) is 83.5 Å². The van der Waals surface area contributed by atoms with Crippen LogP contribution in [-0.4, -0.2) is 11.9 Å². The van der Waals surface area contributed by atoms with Gasteiger partial charge in [-0.05, 0) is 64.6 Å². The number of para-hydroxylation sites is 1. The number of aliphatic imine (C=N–C) groups is 1. The van der Waals surface area contributed by atoms with Gasteiger partial charge in [0.15, 0.2) is 5.70 Å². The Morgan fingerprint density at radius 1 is 1.00 bits per heavy atom. The van der Waals surface area contributed by atoms with Crippen LogP contribution in [-0.2, 0) is 16.1 Å². The van der Waals surface area contributed by atoms with Crippen molar-refractivity contribution in [3.05, 3.63) is 104 Å². The number of carbonyl (C=O) groups is 1. The molecule has 0 aliphatic carbocycles. The number of hydrogen-bond donors (Lipinski definition) is 0. The molecule has 144 valence electrons. The topological polar surface area (TPSA) is 47.9 Å². The predicted molar refractivity (Wildman–Crippen MR) is 122 cm³/mol.